The number of nitrogen functional groups attached to an aromatic ring is 1. The van der Waals surface area contributed by atoms with Crippen LogP contribution in [0.15, 0.2) is 6.20 Å². The molecule has 1 aliphatic rings. The molecule has 2 heterocycles. The summed E-state index contributed by atoms with van der Waals surface area (Å²) in [7, 11) is 0. The molecule has 0 unspecified atom stereocenters. The lowest BCUT2D eigenvalue weighted by molar-refractivity contribution is 0.618. The van der Waals surface area contributed by atoms with Crippen molar-refractivity contribution in [2.75, 3.05) is 11.1 Å². The molecule has 3 rings (SSSR count). The highest BCUT2D eigenvalue weighted by atomic mass is 15.2. The zero-order valence-corrected chi connectivity index (χ0v) is 10.3. The lowest BCUT2D eigenvalue weighted by Crippen LogP contribution is -2.19. The van der Waals surface area contributed by atoms with Gasteiger partial charge < -0.3 is 11.1 Å². The van der Waals surface area contributed by atoms with Crippen LogP contribution in [0.1, 0.15) is 38.5 Å². The first-order valence-electron chi connectivity index (χ1n) is 6.56. The number of aromatic nitrogens is 4. The fraction of sp³-hybridized carbons (Fsp3) is 0.583. The Morgan fingerprint density at radius 2 is 1.94 bits per heavy atom. The van der Waals surface area contributed by atoms with Crippen LogP contribution in [0, 0.1) is 0 Å². The van der Waals surface area contributed by atoms with E-state index >= 15 is 0 Å². The minimum Gasteiger partial charge on any atom is -0.368 e. The summed E-state index contributed by atoms with van der Waals surface area (Å²) in [6.45, 7) is 0. The fourth-order valence-corrected chi connectivity index (χ4v) is 2.58. The SMILES string of the molecule is Nc1nc(NC2CCCCCC2)c2cn[nH]c2n1. The highest BCUT2D eigenvalue weighted by Crippen LogP contribution is 2.24. The number of aromatic amines is 1. The van der Waals surface area contributed by atoms with Crippen LogP contribution in [0.5, 0.6) is 0 Å². The van der Waals surface area contributed by atoms with Crippen LogP contribution >= 0.6 is 0 Å². The van der Waals surface area contributed by atoms with Gasteiger partial charge in [0, 0.05) is 6.04 Å². The molecule has 6 heteroatoms. The fourth-order valence-electron chi connectivity index (χ4n) is 2.58. The third-order valence-electron chi connectivity index (χ3n) is 3.52. The standard InChI is InChI=1S/C12H18N6/c13-12-16-10(9-7-14-18-11(9)17-12)15-8-5-3-1-2-4-6-8/h7-8H,1-6H2,(H4,13,14,15,16,17,18). The number of anilines is 2. The predicted octanol–water partition coefficient (Wildman–Crippen LogP) is 2.07. The molecule has 2 aromatic rings. The average Bonchev–Trinajstić information content (AvgIpc) is 2.66. The summed E-state index contributed by atoms with van der Waals surface area (Å²) >= 11 is 0. The summed E-state index contributed by atoms with van der Waals surface area (Å²) in [4.78, 5) is 8.41. The van der Waals surface area contributed by atoms with Gasteiger partial charge in [-0.3, -0.25) is 5.10 Å². The van der Waals surface area contributed by atoms with Gasteiger partial charge in [-0.1, -0.05) is 25.7 Å². The number of nitrogens with zero attached hydrogens (tertiary/aromatic N) is 3. The van der Waals surface area contributed by atoms with Gasteiger partial charge in [0.2, 0.25) is 5.95 Å². The second kappa shape index (κ2) is 4.80. The van der Waals surface area contributed by atoms with E-state index in [1.54, 1.807) is 6.20 Å². The third kappa shape index (κ3) is 2.23. The van der Waals surface area contributed by atoms with Gasteiger partial charge >= 0.3 is 0 Å². The van der Waals surface area contributed by atoms with Crippen molar-refractivity contribution >= 4 is 22.8 Å². The summed E-state index contributed by atoms with van der Waals surface area (Å²) < 4.78 is 0. The Hall–Kier alpha value is -1.85. The number of fused-ring (bicyclic) bond motifs is 1. The minimum atomic E-state index is 0.280. The molecule has 0 aliphatic heterocycles. The van der Waals surface area contributed by atoms with Gasteiger partial charge in [-0.05, 0) is 12.8 Å². The smallest absolute Gasteiger partial charge is 0.224 e. The Bertz CT molecular complexity index is 526. The molecule has 0 saturated heterocycles. The maximum absolute atomic E-state index is 5.71. The van der Waals surface area contributed by atoms with Crippen molar-refractivity contribution in [1.82, 2.24) is 20.2 Å². The molecule has 0 atom stereocenters. The molecular formula is C12H18N6. The van der Waals surface area contributed by atoms with E-state index in [2.05, 4.69) is 25.5 Å². The Balaban J connectivity index is 1.86. The van der Waals surface area contributed by atoms with Crippen molar-refractivity contribution in [2.24, 2.45) is 0 Å². The average molecular weight is 246 g/mol. The first kappa shape index (κ1) is 11.3. The van der Waals surface area contributed by atoms with E-state index < -0.39 is 0 Å². The third-order valence-corrected chi connectivity index (χ3v) is 3.52. The molecule has 0 radical (unpaired) electrons. The Kier molecular flexibility index (Phi) is 3.00. The van der Waals surface area contributed by atoms with Gasteiger partial charge in [-0.2, -0.15) is 15.1 Å². The van der Waals surface area contributed by atoms with Crippen molar-refractivity contribution in [2.45, 2.75) is 44.6 Å². The molecule has 18 heavy (non-hydrogen) atoms. The first-order chi connectivity index (χ1) is 8.83. The largest absolute Gasteiger partial charge is 0.368 e. The highest BCUT2D eigenvalue weighted by molar-refractivity contribution is 5.86. The van der Waals surface area contributed by atoms with E-state index in [0.717, 1.165) is 11.2 Å². The van der Waals surface area contributed by atoms with Crippen LogP contribution < -0.4 is 11.1 Å². The van der Waals surface area contributed by atoms with Crippen LogP contribution in [0.25, 0.3) is 11.0 Å². The van der Waals surface area contributed by atoms with E-state index in [1.807, 2.05) is 0 Å². The topological polar surface area (TPSA) is 92.5 Å². The summed E-state index contributed by atoms with van der Waals surface area (Å²) in [6.07, 6.45) is 9.39. The second-order valence-corrected chi connectivity index (χ2v) is 4.90. The molecule has 2 aromatic heterocycles. The second-order valence-electron chi connectivity index (χ2n) is 4.90. The molecular weight excluding hydrogens is 228 g/mol. The van der Waals surface area contributed by atoms with Gasteiger partial charge in [0.25, 0.3) is 0 Å². The van der Waals surface area contributed by atoms with Gasteiger partial charge in [0.1, 0.15) is 5.82 Å². The Labute approximate surface area is 105 Å². The predicted molar refractivity (Wildman–Crippen MR) is 71.2 cm³/mol. The zero-order valence-electron chi connectivity index (χ0n) is 10.3. The van der Waals surface area contributed by atoms with E-state index in [-0.39, 0.29) is 5.95 Å². The van der Waals surface area contributed by atoms with Crippen LogP contribution in [-0.4, -0.2) is 26.2 Å². The number of nitrogens with two attached hydrogens (primary N) is 1. The molecule has 1 aliphatic carbocycles. The molecule has 1 fully saturated rings. The van der Waals surface area contributed by atoms with Gasteiger partial charge in [0.05, 0.1) is 11.6 Å². The van der Waals surface area contributed by atoms with Crippen molar-refractivity contribution in [3.63, 3.8) is 0 Å². The maximum atomic E-state index is 5.71. The van der Waals surface area contributed by atoms with Crippen LogP contribution in [-0.2, 0) is 0 Å². The number of hydrogen-bond donors (Lipinski definition) is 3. The quantitative estimate of drug-likeness (QED) is 0.705. The Morgan fingerprint density at radius 3 is 2.72 bits per heavy atom. The van der Waals surface area contributed by atoms with E-state index in [1.165, 1.54) is 38.5 Å². The molecule has 0 amide bonds. The zero-order chi connectivity index (χ0) is 12.4. The summed E-state index contributed by atoms with van der Waals surface area (Å²) in [5, 5.41) is 11.2. The van der Waals surface area contributed by atoms with Crippen molar-refractivity contribution in [3.8, 4) is 0 Å². The van der Waals surface area contributed by atoms with Gasteiger partial charge in [0.15, 0.2) is 5.65 Å². The van der Waals surface area contributed by atoms with Crippen molar-refractivity contribution in [1.29, 1.82) is 0 Å². The number of nitrogens with one attached hydrogen (secondary N) is 2. The highest BCUT2D eigenvalue weighted by Gasteiger charge is 2.15. The lowest BCUT2D eigenvalue weighted by atomic mass is 10.1. The number of hydrogen-bond acceptors (Lipinski definition) is 5. The van der Waals surface area contributed by atoms with E-state index in [4.69, 9.17) is 5.73 Å². The van der Waals surface area contributed by atoms with Gasteiger partial charge in [-0.25, -0.2) is 0 Å². The van der Waals surface area contributed by atoms with E-state index in [0.29, 0.717) is 11.7 Å². The number of H-pyrrole nitrogens is 1. The summed E-state index contributed by atoms with van der Waals surface area (Å²) in [6, 6.07) is 0.486. The van der Waals surface area contributed by atoms with Gasteiger partial charge in [-0.15, -0.1) is 0 Å². The minimum absolute atomic E-state index is 0.280. The summed E-state index contributed by atoms with van der Waals surface area (Å²) in [5.41, 5.74) is 6.40. The lowest BCUT2D eigenvalue weighted by Gasteiger charge is -2.17. The molecule has 0 aromatic carbocycles. The van der Waals surface area contributed by atoms with Crippen LogP contribution in [0.2, 0.25) is 0 Å². The first-order valence-corrected chi connectivity index (χ1v) is 6.56. The van der Waals surface area contributed by atoms with Crippen LogP contribution in [0.4, 0.5) is 11.8 Å². The molecule has 6 nitrogen and oxygen atoms in total. The molecule has 1 saturated carbocycles. The molecule has 0 bridgehead atoms. The van der Waals surface area contributed by atoms with E-state index in [9.17, 15) is 0 Å². The number of rotatable bonds is 2. The molecule has 96 valence electrons. The van der Waals surface area contributed by atoms with Crippen LogP contribution in [0.3, 0.4) is 0 Å². The summed E-state index contributed by atoms with van der Waals surface area (Å²) in [5.74, 6) is 1.08. The Morgan fingerprint density at radius 1 is 1.17 bits per heavy atom. The maximum Gasteiger partial charge on any atom is 0.224 e. The van der Waals surface area contributed by atoms with Crippen molar-refractivity contribution < 1.29 is 0 Å². The molecule has 4 N–H and O–H groups in total. The normalized spacial score (nSPS) is 17.8. The van der Waals surface area contributed by atoms with Crippen molar-refractivity contribution in [3.05, 3.63) is 6.20 Å². The monoisotopic (exact) mass is 246 g/mol. The molecule has 0 spiro atoms.